The zero-order valence-corrected chi connectivity index (χ0v) is 22.4. The summed E-state index contributed by atoms with van der Waals surface area (Å²) in [5.74, 6) is -0.175. The molecule has 0 bridgehead atoms. The van der Waals surface area contributed by atoms with Gasteiger partial charge in [0.15, 0.2) is 0 Å². The minimum absolute atomic E-state index is 0.0257. The van der Waals surface area contributed by atoms with Crippen LogP contribution in [0.2, 0.25) is 0 Å². The van der Waals surface area contributed by atoms with E-state index in [2.05, 4.69) is 57.2 Å². The van der Waals surface area contributed by atoms with E-state index in [1.165, 1.54) is 0 Å². The summed E-state index contributed by atoms with van der Waals surface area (Å²) in [7, 11) is 0. The third-order valence-corrected chi connectivity index (χ3v) is 7.94. The number of rotatable bonds is 15. The van der Waals surface area contributed by atoms with E-state index in [9.17, 15) is 15.0 Å². The molecule has 6 heteroatoms. The summed E-state index contributed by atoms with van der Waals surface area (Å²) >= 11 is 6.65. The van der Waals surface area contributed by atoms with Crippen molar-refractivity contribution in [3.05, 3.63) is 47.5 Å². The van der Waals surface area contributed by atoms with Crippen LogP contribution in [-0.2, 0) is 14.9 Å². The summed E-state index contributed by atoms with van der Waals surface area (Å²) in [5, 5.41) is 30.2. The molecule has 0 spiro atoms. The molecule has 5 atom stereocenters. The van der Waals surface area contributed by atoms with E-state index in [1.54, 1.807) is 0 Å². The molecule has 198 valence electrons. The van der Waals surface area contributed by atoms with Crippen LogP contribution in [0.3, 0.4) is 0 Å². The van der Waals surface area contributed by atoms with Gasteiger partial charge in [-0.15, -0.1) is 11.6 Å². The van der Waals surface area contributed by atoms with Crippen LogP contribution >= 0.6 is 11.6 Å². The molecule has 2 rings (SSSR count). The van der Waals surface area contributed by atoms with Crippen LogP contribution < -0.4 is 0 Å². The predicted octanol–water partition coefficient (Wildman–Crippen LogP) is 5.63. The van der Waals surface area contributed by atoms with E-state index in [1.807, 2.05) is 0 Å². The molecule has 0 saturated heterocycles. The number of ether oxygens (including phenoxy) is 1. The maximum atomic E-state index is 11.5. The van der Waals surface area contributed by atoms with Crippen molar-refractivity contribution in [3.63, 3.8) is 0 Å². The molecule has 0 amide bonds. The molecular weight excluding hydrogens is 464 g/mol. The first-order valence-electron chi connectivity index (χ1n) is 13.2. The van der Waals surface area contributed by atoms with Gasteiger partial charge in [0.05, 0.1) is 18.8 Å². The van der Waals surface area contributed by atoms with Crippen LogP contribution in [0.1, 0.15) is 95.6 Å². The van der Waals surface area contributed by atoms with Crippen molar-refractivity contribution in [1.82, 2.24) is 0 Å². The lowest BCUT2D eigenvalue weighted by Gasteiger charge is -2.32. The molecule has 1 fully saturated rings. The molecule has 0 heterocycles. The third kappa shape index (κ3) is 8.89. The molecule has 0 aromatic heterocycles. The van der Waals surface area contributed by atoms with Gasteiger partial charge >= 0.3 is 5.97 Å². The van der Waals surface area contributed by atoms with Crippen molar-refractivity contribution >= 4 is 17.6 Å². The number of unbranched alkanes of at least 4 members (excludes halogenated alkanes) is 3. The van der Waals surface area contributed by atoms with Crippen molar-refractivity contribution in [3.8, 4) is 0 Å². The summed E-state index contributed by atoms with van der Waals surface area (Å²) in [6.07, 6.45) is 10.6. The fraction of sp³-hybridized carbons (Fsp3) is 0.690. The van der Waals surface area contributed by atoms with Gasteiger partial charge < -0.3 is 20.1 Å². The van der Waals surface area contributed by atoms with E-state index >= 15 is 0 Å². The molecule has 1 aromatic rings. The molecule has 0 radical (unpaired) electrons. The number of aliphatic hydroxyl groups is 3. The molecule has 5 nitrogen and oxygen atoms in total. The van der Waals surface area contributed by atoms with Gasteiger partial charge in [-0.3, -0.25) is 4.79 Å². The normalized spacial score (nSPS) is 23.6. The van der Waals surface area contributed by atoms with Gasteiger partial charge in [-0.05, 0) is 49.1 Å². The Hall–Kier alpha value is -1.40. The lowest BCUT2D eigenvalue weighted by Crippen LogP contribution is -2.33. The number of hydrogen-bond acceptors (Lipinski definition) is 5. The second kappa shape index (κ2) is 15.0. The highest BCUT2D eigenvalue weighted by atomic mass is 35.5. The van der Waals surface area contributed by atoms with Gasteiger partial charge in [0, 0.05) is 23.1 Å². The number of carbonyl (C=O) groups is 1. The van der Waals surface area contributed by atoms with Crippen molar-refractivity contribution in [2.45, 2.75) is 107 Å². The first kappa shape index (κ1) is 29.8. The van der Waals surface area contributed by atoms with Crippen LogP contribution in [0.15, 0.2) is 36.4 Å². The van der Waals surface area contributed by atoms with Gasteiger partial charge in [0.1, 0.15) is 6.61 Å². The molecule has 1 aliphatic carbocycles. The lowest BCUT2D eigenvalue weighted by molar-refractivity contribution is -0.144. The number of benzene rings is 1. The highest BCUT2D eigenvalue weighted by Gasteiger charge is 2.42. The topological polar surface area (TPSA) is 87.0 Å². The Morgan fingerprint density at radius 3 is 2.57 bits per heavy atom. The molecule has 1 aromatic carbocycles. The molecule has 1 unspecified atom stereocenters. The number of alkyl halides is 1. The Balaban J connectivity index is 1.96. The molecule has 35 heavy (non-hydrogen) atoms. The Morgan fingerprint density at radius 1 is 1.20 bits per heavy atom. The largest absolute Gasteiger partial charge is 0.463 e. The summed E-state index contributed by atoms with van der Waals surface area (Å²) in [6, 6.07) is 8.37. The number of allylic oxidation sites excluding steroid dienone is 2. The quantitative estimate of drug-likeness (QED) is 0.124. The van der Waals surface area contributed by atoms with Gasteiger partial charge in [-0.2, -0.15) is 0 Å². The Bertz CT molecular complexity index is 776. The number of hydrogen-bond donors (Lipinski definition) is 3. The third-order valence-electron chi connectivity index (χ3n) is 7.44. The summed E-state index contributed by atoms with van der Waals surface area (Å²) < 4.78 is 4.86. The summed E-state index contributed by atoms with van der Waals surface area (Å²) in [4.78, 5) is 11.5. The molecule has 1 aliphatic rings. The highest BCUT2D eigenvalue weighted by Crippen LogP contribution is 2.45. The summed E-state index contributed by atoms with van der Waals surface area (Å²) in [5.41, 5.74) is 1.86. The highest BCUT2D eigenvalue weighted by molar-refractivity contribution is 6.21. The zero-order valence-electron chi connectivity index (χ0n) is 21.7. The number of carbonyl (C=O) groups excluding carboxylic acids is 1. The molecular formula is C29H45ClO5. The Labute approximate surface area is 216 Å². The maximum absolute atomic E-state index is 11.5. The van der Waals surface area contributed by atoms with Crippen molar-refractivity contribution in [2.75, 3.05) is 13.2 Å². The SMILES string of the molecule is CCCCCC(O)C(C)(C)c1ccc([C@@H]2[C@@H](C/C=C\CCCC(=O)OCCO)[C@H](Cl)C[C@H]2O)cc1. The van der Waals surface area contributed by atoms with Crippen LogP contribution in [0.25, 0.3) is 0 Å². The average Bonchev–Trinajstić information content (AvgIpc) is 3.12. The van der Waals surface area contributed by atoms with Gasteiger partial charge in [-0.1, -0.05) is 76.5 Å². The van der Waals surface area contributed by atoms with Crippen molar-refractivity contribution in [1.29, 1.82) is 0 Å². The molecule has 3 N–H and O–H groups in total. The molecule has 0 aliphatic heterocycles. The van der Waals surface area contributed by atoms with Crippen LogP contribution in [0.5, 0.6) is 0 Å². The fourth-order valence-corrected chi connectivity index (χ4v) is 5.51. The fourth-order valence-electron chi connectivity index (χ4n) is 5.07. The Morgan fingerprint density at radius 2 is 1.91 bits per heavy atom. The molecule has 1 saturated carbocycles. The lowest BCUT2D eigenvalue weighted by atomic mass is 9.76. The van der Waals surface area contributed by atoms with Crippen molar-refractivity contribution in [2.24, 2.45) is 5.92 Å². The smallest absolute Gasteiger partial charge is 0.305 e. The van der Waals surface area contributed by atoms with Gasteiger partial charge in [0.25, 0.3) is 0 Å². The van der Waals surface area contributed by atoms with Gasteiger partial charge in [-0.25, -0.2) is 0 Å². The van der Waals surface area contributed by atoms with E-state index in [-0.39, 0.29) is 41.8 Å². The summed E-state index contributed by atoms with van der Waals surface area (Å²) in [6.45, 7) is 6.26. The number of esters is 1. The number of halogens is 1. The monoisotopic (exact) mass is 508 g/mol. The van der Waals surface area contributed by atoms with Crippen LogP contribution in [0.4, 0.5) is 0 Å². The standard InChI is InChI=1S/C29H45ClO5/c1-4-5-8-12-26(33)29(2,3)22-16-14-21(15-17-22)28-23(24(30)20-25(28)32)11-9-6-7-10-13-27(34)35-19-18-31/h6,9,14-17,23-26,28,31-33H,4-5,7-8,10-13,18-20H2,1-3H3/b9-6-/t23-,24+,25+,26?,28+/m0/s1. The Kier molecular flexibility index (Phi) is 12.8. The van der Waals surface area contributed by atoms with E-state index in [4.69, 9.17) is 21.4 Å². The van der Waals surface area contributed by atoms with Gasteiger partial charge in [0.2, 0.25) is 0 Å². The predicted molar refractivity (Wildman–Crippen MR) is 142 cm³/mol. The number of aliphatic hydroxyl groups excluding tert-OH is 3. The minimum Gasteiger partial charge on any atom is -0.463 e. The maximum Gasteiger partial charge on any atom is 0.305 e. The first-order valence-corrected chi connectivity index (χ1v) is 13.7. The minimum atomic E-state index is -0.476. The first-order chi connectivity index (χ1) is 16.7. The van der Waals surface area contributed by atoms with Crippen LogP contribution in [-0.4, -0.2) is 52.1 Å². The van der Waals surface area contributed by atoms with Crippen molar-refractivity contribution < 1.29 is 24.9 Å². The van der Waals surface area contributed by atoms with E-state index in [0.717, 1.165) is 49.7 Å². The van der Waals surface area contributed by atoms with Crippen LogP contribution in [0, 0.1) is 5.92 Å². The average molecular weight is 509 g/mol. The second-order valence-corrected chi connectivity index (χ2v) is 11.0. The zero-order chi connectivity index (χ0) is 25.8. The second-order valence-electron chi connectivity index (χ2n) is 10.4. The van der Waals surface area contributed by atoms with E-state index < -0.39 is 12.2 Å². The van der Waals surface area contributed by atoms with E-state index in [0.29, 0.717) is 19.3 Å².